The number of hydrogen-bond donors (Lipinski definition) is 2. The number of aryl methyl sites for hydroxylation is 2. The lowest BCUT2D eigenvalue weighted by atomic mass is 10.1. The molecule has 0 aliphatic rings. The summed E-state index contributed by atoms with van der Waals surface area (Å²) in [5.41, 5.74) is 2.49. The quantitative estimate of drug-likeness (QED) is 0.325. The lowest BCUT2D eigenvalue weighted by Gasteiger charge is -2.05. The lowest BCUT2D eigenvalue weighted by Crippen LogP contribution is -2.30. The van der Waals surface area contributed by atoms with Crippen molar-refractivity contribution in [2.24, 2.45) is 0 Å². The van der Waals surface area contributed by atoms with Crippen molar-refractivity contribution in [3.05, 3.63) is 95.3 Å². The number of amides is 2. The van der Waals surface area contributed by atoms with E-state index in [0.717, 1.165) is 0 Å². The van der Waals surface area contributed by atoms with Crippen molar-refractivity contribution in [2.45, 2.75) is 20.4 Å². The lowest BCUT2D eigenvalue weighted by molar-refractivity contribution is -0.117. The highest BCUT2D eigenvalue weighted by Gasteiger charge is 2.18. The molecule has 0 aliphatic carbocycles. The molecule has 0 saturated carbocycles. The molecule has 2 aromatic heterocycles. The van der Waals surface area contributed by atoms with Crippen LogP contribution >= 0.6 is 0 Å². The third kappa shape index (κ3) is 4.90. The second kappa shape index (κ2) is 9.35. The van der Waals surface area contributed by atoms with Gasteiger partial charge in [0.25, 0.3) is 11.8 Å². The summed E-state index contributed by atoms with van der Waals surface area (Å²) in [6.07, 6.45) is 1.46. The van der Waals surface area contributed by atoms with Gasteiger partial charge < -0.3 is 19.5 Å². The van der Waals surface area contributed by atoms with Crippen LogP contribution in [-0.2, 0) is 11.3 Å². The summed E-state index contributed by atoms with van der Waals surface area (Å²) in [5.74, 6) is -0.238. The number of carbonyl (C=O) groups is 3. The summed E-state index contributed by atoms with van der Waals surface area (Å²) >= 11 is 0. The van der Waals surface area contributed by atoms with Gasteiger partial charge in [0.05, 0.1) is 18.4 Å². The molecule has 166 valence electrons. The molecule has 2 N–H and O–H groups in total. The van der Waals surface area contributed by atoms with E-state index in [0.29, 0.717) is 45.5 Å². The first-order valence-corrected chi connectivity index (χ1v) is 10.2. The number of nitrogens with one attached hydrogen (secondary N) is 2. The van der Waals surface area contributed by atoms with Crippen LogP contribution in [0.5, 0.6) is 0 Å². The van der Waals surface area contributed by atoms with Gasteiger partial charge in [-0.15, -0.1) is 0 Å². The van der Waals surface area contributed by atoms with Gasteiger partial charge in [-0.25, -0.2) is 4.98 Å². The van der Waals surface area contributed by atoms with Gasteiger partial charge >= 0.3 is 0 Å². The van der Waals surface area contributed by atoms with Crippen molar-refractivity contribution in [3.8, 4) is 11.5 Å². The molecule has 8 nitrogen and oxygen atoms in total. The van der Waals surface area contributed by atoms with Gasteiger partial charge in [0.1, 0.15) is 17.2 Å². The van der Waals surface area contributed by atoms with Gasteiger partial charge in [0, 0.05) is 16.8 Å². The molecular weight excluding hydrogens is 422 g/mol. The number of aromatic nitrogens is 1. The predicted octanol–water partition coefficient (Wildman–Crippen LogP) is 4.30. The third-order valence-electron chi connectivity index (χ3n) is 5.02. The molecule has 8 heteroatoms. The number of anilines is 1. The van der Waals surface area contributed by atoms with Crippen LogP contribution in [0.25, 0.3) is 11.5 Å². The first-order valence-electron chi connectivity index (χ1n) is 10.2. The predicted molar refractivity (Wildman–Crippen MR) is 121 cm³/mol. The number of hydrogen-bond acceptors (Lipinski definition) is 6. The molecular formula is C25H21N3O5. The number of furan rings is 1. The van der Waals surface area contributed by atoms with Crippen molar-refractivity contribution in [3.63, 3.8) is 0 Å². The number of nitrogens with zero attached hydrogens (tertiary/aromatic N) is 1. The van der Waals surface area contributed by atoms with E-state index in [9.17, 15) is 14.4 Å². The Kier molecular flexibility index (Phi) is 6.17. The summed E-state index contributed by atoms with van der Waals surface area (Å²) in [6, 6.07) is 17.0. The zero-order chi connectivity index (χ0) is 23.4. The van der Waals surface area contributed by atoms with Crippen LogP contribution in [0.1, 0.15) is 37.9 Å². The molecule has 4 aromatic rings. The number of oxazole rings is 1. The van der Waals surface area contributed by atoms with Crippen molar-refractivity contribution in [1.29, 1.82) is 0 Å². The average Bonchev–Trinajstić information content (AvgIpc) is 3.43. The Labute approximate surface area is 189 Å². The molecule has 0 saturated heterocycles. The summed E-state index contributed by atoms with van der Waals surface area (Å²) < 4.78 is 10.9. The largest absolute Gasteiger partial charge is 0.469 e. The first kappa shape index (κ1) is 21.8. The standard InChI is InChI=1S/C25H21N3O5/c1-15-20(11-12-32-15)23(30)27-19-10-6-9-18(13-19)25-28-21(16(2)33-25)14-26-24(31)22(29)17-7-4-3-5-8-17/h3-13H,14H2,1-2H3,(H,26,31)(H,27,30). The Hall–Kier alpha value is -4.46. The molecule has 0 spiro atoms. The van der Waals surface area contributed by atoms with Gasteiger partial charge in [0.2, 0.25) is 11.7 Å². The molecule has 2 aromatic carbocycles. The highest BCUT2D eigenvalue weighted by Crippen LogP contribution is 2.25. The van der Waals surface area contributed by atoms with E-state index >= 15 is 0 Å². The Morgan fingerprint density at radius 1 is 0.939 bits per heavy atom. The van der Waals surface area contributed by atoms with Crippen LogP contribution in [0.2, 0.25) is 0 Å². The Morgan fingerprint density at radius 2 is 1.73 bits per heavy atom. The summed E-state index contributed by atoms with van der Waals surface area (Å²) in [6.45, 7) is 3.49. The summed E-state index contributed by atoms with van der Waals surface area (Å²) in [7, 11) is 0. The number of Topliss-reactive ketones (excluding diaryl/α,β-unsaturated/α-hetero) is 1. The zero-order valence-electron chi connectivity index (χ0n) is 18.0. The topological polar surface area (TPSA) is 114 Å². The highest BCUT2D eigenvalue weighted by atomic mass is 16.4. The fourth-order valence-corrected chi connectivity index (χ4v) is 3.23. The Balaban J connectivity index is 1.44. The van der Waals surface area contributed by atoms with E-state index in [2.05, 4.69) is 15.6 Å². The molecule has 2 amide bonds. The fraction of sp³-hybridized carbons (Fsp3) is 0.120. The zero-order valence-corrected chi connectivity index (χ0v) is 18.0. The maximum absolute atomic E-state index is 12.4. The minimum atomic E-state index is -0.718. The number of rotatable bonds is 7. The van der Waals surface area contributed by atoms with Crippen molar-refractivity contribution in [2.75, 3.05) is 5.32 Å². The molecule has 2 heterocycles. The van der Waals surface area contributed by atoms with Crippen molar-refractivity contribution in [1.82, 2.24) is 10.3 Å². The molecule has 0 radical (unpaired) electrons. The van der Waals surface area contributed by atoms with Gasteiger partial charge in [-0.3, -0.25) is 14.4 Å². The number of ketones is 1. The van der Waals surface area contributed by atoms with E-state index in [4.69, 9.17) is 8.83 Å². The first-order chi connectivity index (χ1) is 15.9. The van der Waals surface area contributed by atoms with Crippen LogP contribution < -0.4 is 10.6 Å². The molecule has 4 rings (SSSR count). The summed E-state index contributed by atoms with van der Waals surface area (Å²) in [5, 5.41) is 5.41. The van der Waals surface area contributed by atoms with Gasteiger partial charge in [-0.1, -0.05) is 36.4 Å². The van der Waals surface area contributed by atoms with E-state index < -0.39 is 11.7 Å². The van der Waals surface area contributed by atoms with E-state index in [1.165, 1.54) is 6.26 Å². The van der Waals surface area contributed by atoms with Crippen molar-refractivity contribution < 1.29 is 23.2 Å². The minimum absolute atomic E-state index is 0.0446. The summed E-state index contributed by atoms with van der Waals surface area (Å²) in [4.78, 5) is 41.3. The third-order valence-corrected chi connectivity index (χ3v) is 5.02. The van der Waals surface area contributed by atoms with Gasteiger partial charge in [-0.2, -0.15) is 0 Å². The Bertz CT molecular complexity index is 1320. The van der Waals surface area contributed by atoms with Crippen LogP contribution in [0.15, 0.2) is 75.8 Å². The number of carbonyl (C=O) groups excluding carboxylic acids is 3. The second-order valence-corrected chi connectivity index (χ2v) is 7.33. The smallest absolute Gasteiger partial charge is 0.292 e. The van der Waals surface area contributed by atoms with Crippen LogP contribution in [0.3, 0.4) is 0 Å². The average molecular weight is 443 g/mol. The molecule has 0 fully saturated rings. The van der Waals surface area contributed by atoms with E-state index in [1.807, 2.05) is 0 Å². The number of benzene rings is 2. The van der Waals surface area contributed by atoms with E-state index in [1.54, 1.807) is 74.5 Å². The minimum Gasteiger partial charge on any atom is -0.469 e. The van der Waals surface area contributed by atoms with Gasteiger partial charge in [0.15, 0.2) is 0 Å². The molecule has 0 bridgehead atoms. The monoisotopic (exact) mass is 443 g/mol. The van der Waals surface area contributed by atoms with Crippen LogP contribution in [0, 0.1) is 13.8 Å². The fourth-order valence-electron chi connectivity index (χ4n) is 3.23. The van der Waals surface area contributed by atoms with Gasteiger partial charge in [-0.05, 0) is 38.1 Å². The normalized spacial score (nSPS) is 10.6. The maximum Gasteiger partial charge on any atom is 0.292 e. The maximum atomic E-state index is 12.4. The van der Waals surface area contributed by atoms with E-state index in [-0.39, 0.29) is 12.5 Å². The molecule has 0 aliphatic heterocycles. The molecule has 33 heavy (non-hydrogen) atoms. The highest BCUT2D eigenvalue weighted by molar-refractivity contribution is 6.42. The molecule has 0 atom stereocenters. The second-order valence-electron chi connectivity index (χ2n) is 7.33. The Morgan fingerprint density at radius 3 is 2.45 bits per heavy atom. The molecule has 0 unspecified atom stereocenters. The van der Waals surface area contributed by atoms with Crippen molar-refractivity contribution >= 4 is 23.3 Å². The van der Waals surface area contributed by atoms with Crippen LogP contribution in [0.4, 0.5) is 5.69 Å². The van der Waals surface area contributed by atoms with Crippen LogP contribution in [-0.4, -0.2) is 22.6 Å². The SMILES string of the molecule is Cc1occc1C(=O)Nc1cccc(-c2nc(CNC(=O)C(=O)c3ccccc3)c(C)o2)c1.